The van der Waals surface area contributed by atoms with Gasteiger partial charge in [-0.1, -0.05) is 31.9 Å². The van der Waals surface area contributed by atoms with E-state index in [1.807, 2.05) is 13.8 Å². The summed E-state index contributed by atoms with van der Waals surface area (Å²) < 4.78 is 36.9. The highest BCUT2D eigenvalue weighted by molar-refractivity contribution is 6.31. The SMILES string of the molecule is CC[C@H](C)Cn1c(-c2c(F)cc(OC)cc2F)c(Cl)nc(-n2cccn2)c1=O. The van der Waals surface area contributed by atoms with Crippen LogP contribution in [0.25, 0.3) is 17.1 Å². The van der Waals surface area contributed by atoms with E-state index in [-0.39, 0.29) is 34.9 Å². The molecule has 1 aromatic carbocycles. The second kappa shape index (κ2) is 8.10. The van der Waals surface area contributed by atoms with Gasteiger partial charge in [-0.3, -0.25) is 4.79 Å². The molecule has 148 valence electrons. The van der Waals surface area contributed by atoms with Gasteiger partial charge in [0, 0.05) is 31.1 Å². The van der Waals surface area contributed by atoms with Crippen LogP contribution < -0.4 is 10.3 Å². The van der Waals surface area contributed by atoms with Crippen molar-refractivity contribution in [3.05, 3.63) is 57.7 Å². The summed E-state index contributed by atoms with van der Waals surface area (Å²) in [5.41, 5.74) is -1.08. The molecule has 2 heterocycles. The summed E-state index contributed by atoms with van der Waals surface area (Å²) in [5, 5.41) is 3.81. The fourth-order valence-corrected chi connectivity index (χ4v) is 3.09. The van der Waals surface area contributed by atoms with E-state index in [1.165, 1.54) is 22.6 Å². The van der Waals surface area contributed by atoms with E-state index in [0.717, 1.165) is 18.6 Å². The first kappa shape index (κ1) is 20.0. The molecule has 3 rings (SSSR count). The lowest BCUT2D eigenvalue weighted by Crippen LogP contribution is -2.30. The van der Waals surface area contributed by atoms with Gasteiger partial charge in [-0.15, -0.1) is 0 Å². The third-order valence-corrected chi connectivity index (χ3v) is 4.77. The fraction of sp³-hybridized carbons (Fsp3) is 0.316. The second-order valence-corrected chi connectivity index (χ2v) is 6.78. The average Bonchev–Trinajstić information content (AvgIpc) is 3.20. The summed E-state index contributed by atoms with van der Waals surface area (Å²) in [6.07, 6.45) is 3.79. The number of aromatic nitrogens is 4. The van der Waals surface area contributed by atoms with Gasteiger partial charge in [-0.2, -0.15) is 5.10 Å². The van der Waals surface area contributed by atoms with E-state index >= 15 is 0 Å². The molecule has 0 unspecified atom stereocenters. The van der Waals surface area contributed by atoms with Crippen molar-refractivity contribution in [3.63, 3.8) is 0 Å². The van der Waals surface area contributed by atoms with Gasteiger partial charge >= 0.3 is 0 Å². The summed E-state index contributed by atoms with van der Waals surface area (Å²) in [6, 6.07) is 3.70. The Morgan fingerprint density at radius 3 is 2.50 bits per heavy atom. The zero-order valence-corrected chi connectivity index (χ0v) is 16.4. The summed E-state index contributed by atoms with van der Waals surface area (Å²) >= 11 is 6.33. The van der Waals surface area contributed by atoms with Crippen LogP contribution in [0.2, 0.25) is 5.15 Å². The zero-order chi connectivity index (χ0) is 20.4. The number of ether oxygens (including phenoxy) is 1. The Labute approximate surface area is 165 Å². The molecule has 2 aromatic heterocycles. The lowest BCUT2D eigenvalue weighted by atomic mass is 10.1. The molecule has 0 fully saturated rings. The van der Waals surface area contributed by atoms with Crippen molar-refractivity contribution in [1.82, 2.24) is 19.3 Å². The van der Waals surface area contributed by atoms with E-state index in [2.05, 4.69) is 10.1 Å². The third kappa shape index (κ3) is 3.64. The van der Waals surface area contributed by atoms with Gasteiger partial charge in [-0.25, -0.2) is 18.4 Å². The number of benzene rings is 1. The highest BCUT2D eigenvalue weighted by atomic mass is 35.5. The maximum atomic E-state index is 14.7. The minimum atomic E-state index is -0.898. The molecule has 0 saturated heterocycles. The summed E-state index contributed by atoms with van der Waals surface area (Å²) in [5.74, 6) is -1.76. The van der Waals surface area contributed by atoms with Crippen LogP contribution in [0.15, 0.2) is 35.4 Å². The van der Waals surface area contributed by atoms with Crippen LogP contribution in [0.5, 0.6) is 5.75 Å². The smallest absolute Gasteiger partial charge is 0.296 e. The Kier molecular flexibility index (Phi) is 5.79. The van der Waals surface area contributed by atoms with Gasteiger partial charge in [0.15, 0.2) is 5.15 Å². The lowest BCUT2D eigenvalue weighted by Gasteiger charge is -2.19. The Hall–Kier alpha value is -2.74. The number of halogens is 3. The van der Waals surface area contributed by atoms with Gasteiger partial charge in [0.05, 0.1) is 18.4 Å². The first-order valence-electron chi connectivity index (χ1n) is 8.71. The lowest BCUT2D eigenvalue weighted by molar-refractivity contribution is 0.407. The van der Waals surface area contributed by atoms with Crippen molar-refractivity contribution in [2.45, 2.75) is 26.8 Å². The second-order valence-electron chi connectivity index (χ2n) is 6.42. The molecule has 1 atom stereocenters. The first-order valence-corrected chi connectivity index (χ1v) is 9.08. The molecule has 0 amide bonds. The number of methoxy groups -OCH3 is 1. The van der Waals surface area contributed by atoms with Gasteiger partial charge < -0.3 is 9.30 Å². The predicted octanol–water partition coefficient (Wildman–Crippen LogP) is 4.08. The predicted molar refractivity (Wildman–Crippen MR) is 102 cm³/mol. The molecule has 0 aliphatic carbocycles. The topological polar surface area (TPSA) is 61.9 Å². The molecule has 9 heteroatoms. The summed E-state index contributed by atoms with van der Waals surface area (Å²) in [4.78, 5) is 17.2. The minimum Gasteiger partial charge on any atom is -0.497 e. The van der Waals surface area contributed by atoms with Crippen LogP contribution in [0.3, 0.4) is 0 Å². The maximum absolute atomic E-state index is 14.7. The number of rotatable bonds is 6. The van der Waals surface area contributed by atoms with Crippen LogP contribution in [0.4, 0.5) is 8.78 Å². The first-order chi connectivity index (χ1) is 13.4. The van der Waals surface area contributed by atoms with Crippen molar-refractivity contribution in [2.24, 2.45) is 5.92 Å². The summed E-state index contributed by atoms with van der Waals surface area (Å²) in [7, 11) is 1.31. The maximum Gasteiger partial charge on any atom is 0.296 e. The van der Waals surface area contributed by atoms with Crippen LogP contribution in [-0.4, -0.2) is 26.4 Å². The largest absolute Gasteiger partial charge is 0.497 e. The van der Waals surface area contributed by atoms with Crippen molar-refractivity contribution in [2.75, 3.05) is 7.11 Å². The molecule has 0 aliphatic heterocycles. The van der Waals surface area contributed by atoms with E-state index < -0.39 is 22.8 Å². The number of hydrogen-bond acceptors (Lipinski definition) is 4. The quantitative estimate of drug-likeness (QED) is 0.616. The molecule has 0 radical (unpaired) electrons. The van der Waals surface area contributed by atoms with Crippen LogP contribution in [0.1, 0.15) is 20.3 Å². The standard InChI is InChI=1S/C19H19ClF2N4O2/c1-4-11(2)10-25-16(15-13(21)8-12(28-3)9-14(15)22)17(20)24-18(19(25)27)26-7-5-6-23-26/h5-9,11H,4,10H2,1-3H3/t11-/m0/s1. The highest BCUT2D eigenvalue weighted by Crippen LogP contribution is 2.33. The Bertz CT molecular complexity index is 1030. The van der Waals surface area contributed by atoms with Gasteiger partial charge in [0.1, 0.15) is 17.4 Å². The average molecular weight is 409 g/mol. The number of nitrogens with zero attached hydrogens (tertiary/aromatic N) is 4. The molecule has 0 saturated carbocycles. The van der Waals surface area contributed by atoms with E-state index in [1.54, 1.807) is 12.3 Å². The van der Waals surface area contributed by atoms with Crippen molar-refractivity contribution < 1.29 is 13.5 Å². The van der Waals surface area contributed by atoms with Crippen LogP contribution in [0, 0.1) is 17.6 Å². The molecule has 6 nitrogen and oxygen atoms in total. The molecule has 0 aliphatic rings. The normalized spacial score (nSPS) is 12.2. The Morgan fingerprint density at radius 1 is 1.29 bits per heavy atom. The molecule has 0 spiro atoms. The summed E-state index contributed by atoms with van der Waals surface area (Å²) in [6.45, 7) is 4.10. The molecule has 0 N–H and O–H groups in total. The van der Waals surface area contributed by atoms with Crippen molar-refractivity contribution >= 4 is 11.6 Å². The Morgan fingerprint density at radius 2 is 1.96 bits per heavy atom. The molecule has 0 bridgehead atoms. The van der Waals surface area contributed by atoms with Gasteiger partial charge in [0.25, 0.3) is 5.56 Å². The van der Waals surface area contributed by atoms with Gasteiger partial charge in [0.2, 0.25) is 5.82 Å². The molecule has 28 heavy (non-hydrogen) atoms. The highest BCUT2D eigenvalue weighted by Gasteiger charge is 2.25. The monoisotopic (exact) mass is 408 g/mol. The zero-order valence-electron chi connectivity index (χ0n) is 15.6. The van der Waals surface area contributed by atoms with E-state index in [0.29, 0.717) is 0 Å². The van der Waals surface area contributed by atoms with Crippen molar-refractivity contribution in [1.29, 1.82) is 0 Å². The van der Waals surface area contributed by atoms with E-state index in [9.17, 15) is 13.6 Å². The molecular weight excluding hydrogens is 390 g/mol. The molecular formula is C19H19ClF2N4O2. The Balaban J connectivity index is 2.32. The van der Waals surface area contributed by atoms with Crippen LogP contribution >= 0.6 is 11.6 Å². The molecule has 3 aromatic rings. The van der Waals surface area contributed by atoms with Gasteiger partial charge in [-0.05, 0) is 12.0 Å². The minimum absolute atomic E-state index is 0.0202. The fourth-order valence-electron chi connectivity index (χ4n) is 2.82. The number of hydrogen-bond donors (Lipinski definition) is 0. The van der Waals surface area contributed by atoms with Crippen LogP contribution in [-0.2, 0) is 6.54 Å². The van der Waals surface area contributed by atoms with Crippen molar-refractivity contribution in [3.8, 4) is 22.8 Å². The van der Waals surface area contributed by atoms with E-state index in [4.69, 9.17) is 16.3 Å². The third-order valence-electron chi connectivity index (χ3n) is 4.51.